The summed E-state index contributed by atoms with van der Waals surface area (Å²) in [6, 6.07) is 6.89. The second-order valence-corrected chi connectivity index (χ2v) is 15.7. The van der Waals surface area contributed by atoms with Crippen LogP contribution in [-0.2, 0) is 37.9 Å². The van der Waals surface area contributed by atoms with Crippen LogP contribution in [0.2, 0.25) is 0 Å². The molecule has 1 aromatic carbocycles. The van der Waals surface area contributed by atoms with E-state index in [1.54, 1.807) is 7.11 Å². The van der Waals surface area contributed by atoms with Crippen LogP contribution in [-0.4, -0.2) is 147 Å². The van der Waals surface area contributed by atoms with Crippen LogP contribution in [0.5, 0.6) is 0 Å². The van der Waals surface area contributed by atoms with Gasteiger partial charge in [0.1, 0.15) is 29.6 Å². The van der Waals surface area contributed by atoms with Crippen molar-refractivity contribution < 1.29 is 47.5 Å². The number of carbonyl (C=O) groups is 5. The second kappa shape index (κ2) is 20.3. The van der Waals surface area contributed by atoms with E-state index in [1.165, 1.54) is 43.9 Å². The maximum Gasteiger partial charge on any atom is 0.409 e. The van der Waals surface area contributed by atoms with Gasteiger partial charge in [0, 0.05) is 58.0 Å². The molecule has 4 atom stereocenters. The number of esters is 2. The van der Waals surface area contributed by atoms with Gasteiger partial charge in [0.15, 0.2) is 5.82 Å². The molecule has 3 amide bonds. The van der Waals surface area contributed by atoms with Gasteiger partial charge in [-0.25, -0.2) is 24.9 Å². The lowest BCUT2D eigenvalue weighted by atomic mass is 10.2. The highest BCUT2D eigenvalue weighted by Gasteiger charge is 2.39. The number of piperazine rings is 1. The van der Waals surface area contributed by atoms with Crippen molar-refractivity contribution in [1.82, 2.24) is 35.3 Å². The van der Waals surface area contributed by atoms with Crippen LogP contribution in [0.4, 0.5) is 10.6 Å². The number of rotatable bonds is 17. The average Bonchev–Trinajstić information content (AvgIpc) is 3.69. The highest BCUT2D eigenvalue weighted by Crippen LogP contribution is 2.39. The molecule has 3 heterocycles. The first-order valence-electron chi connectivity index (χ1n) is 18.3. The molecule has 0 bridgehead atoms. The minimum atomic E-state index is -4.12. The van der Waals surface area contributed by atoms with Crippen LogP contribution in [0.15, 0.2) is 36.4 Å². The Morgan fingerprint density at radius 2 is 1.51 bits per heavy atom. The van der Waals surface area contributed by atoms with Gasteiger partial charge in [0.25, 0.3) is 5.91 Å². The molecule has 19 heteroatoms. The van der Waals surface area contributed by atoms with E-state index in [-0.39, 0.29) is 50.4 Å². The molecule has 0 radical (unpaired) electrons. The molecule has 55 heavy (non-hydrogen) atoms. The third-order valence-corrected chi connectivity index (χ3v) is 11.8. The fourth-order valence-corrected chi connectivity index (χ4v) is 8.69. The van der Waals surface area contributed by atoms with Gasteiger partial charge >= 0.3 is 18.0 Å². The number of anilines is 1. The maximum atomic E-state index is 14.7. The van der Waals surface area contributed by atoms with E-state index in [1.807, 2.05) is 42.2 Å². The van der Waals surface area contributed by atoms with Gasteiger partial charge in [0.2, 0.25) is 13.4 Å². The molecule has 18 nitrogen and oxygen atoms in total. The number of amides is 3. The number of hydrogen-bond acceptors (Lipinski definition) is 13. The molecule has 0 spiro atoms. The second-order valence-electron chi connectivity index (χ2n) is 13.4. The molecule has 0 aliphatic carbocycles. The summed E-state index contributed by atoms with van der Waals surface area (Å²) >= 11 is 0. The van der Waals surface area contributed by atoms with Crippen LogP contribution >= 0.6 is 7.44 Å². The average molecular weight is 789 g/mol. The maximum absolute atomic E-state index is 14.7. The van der Waals surface area contributed by atoms with Crippen molar-refractivity contribution in [3.05, 3.63) is 42.1 Å². The van der Waals surface area contributed by atoms with Gasteiger partial charge < -0.3 is 39.0 Å². The van der Waals surface area contributed by atoms with Crippen molar-refractivity contribution >= 4 is 43.1 Å². The Balaban J connectivity index is 1.69. The van der Waals surface area contributed by atoms with Gasteiger partial charge in [-0.1, -0.05) is 43.7 Å². The number of aromatic nitrogens is 2. The van der Waals surface area contributed by atoms with Gasteiger partial charge in [-0.15, -0.1) is 0 Å². The number of methoxy groups -OCH3 is 3. The molecule has 2 aliphatic heterocycles. The van der Waals surface area contributed by atoms with Gasteiger partial charge in [0.05, 0.1) is 33.1 Å². The van der Waals surface area contributed by atoms with E-state index < -0.39 is 61.6 Å². The summed E-state index contributed by atoms with van der Waals surface area (Å²) in [5.41, 5.74) is 0.606. The molecule has 3 N–H and O–H groups in total. The molecule has 0 unspecified atom stereocenters. The lowest BCUT2D eigenvalue weighted by molar-refractivity contribution is -0.142. The summed E-state index contributed by atoms with van der Waals surface area (Å²) in [5.74, 6) is -2.10. The van der Waals surface area contributed by atoms with E-state index in [4.69, 9.17) is 23.9 Å². The number of hydrogen-bond donors (Lipinski definition) is 3. The Morgan fingerprint density at radius 3 is 2.07 bits per heavy atom. The zero-order valence-electron chi connectivity index (χ0n) is 32.3. The highest BCUT2D eigenvalue weighted by molar-refractivity contribution is 7.60. The minimum Gasteiger partial charge on any atom is -0.468 e. The van der Waals surface area contributed by atoms with E-state index in [0.717, 1.165) is 19.3 Å². The molecule has 2 fully saturated rings. The number of nitrogens with one attached hydrogen (secondary N) is 3. The summed E-state index contributed by atoms with van der Waals surface area (Å²) in [6.07, 6.45) is 1.26. The summed E-state index contributed by atoms with van der Waals surface area (Å²) in [5, 5.41) is 8.18. The number of nitrogens with zero attached hydrogens (tertiary/aromatic N) is 5. The lowest BCUT2D eigenvalue weighted by Gasteiger charge is -2.37. The molecule has 4 rings (SSSR count). The zero-order valence-corrected chi connectivity index (χ0v) is 33.2. The van der Waals surface area contributed by atoms with Crippen molar-refractivity contribution in [2.24, 2.45) is 0 Å². The Hall–Kier alpha value is -4.64. The van der Waals surface area contributed by atoms with E-state index >= 15 is 0 Å². The number of benzene rings is 1. The number of ether oxygens (including phenoxy) is 4. The van der Waals surface area contributed by atoms with E-state index in [9.17, 15) is 28.5 Å². The van der Waals surface area contributed by atoms with Crippen LogP contribution in [0.25, 0.3) is 11.4 Å². The third-order valence-electron chi connectivity index (χ3n) is 9.31. The Labute approximate surface area is 321 Å². The Kier molecular flexibility index (Phi) is 15.9. The van der Waals surface area contributed by atoms with Gasteiger partial charge in [-0.05, 0) is 26.7 Å². The van der Waals surface area contributed by atoms with Crippen molar-refractivity contribution in [2.75, 3.05) is 78.3 Å². The smallest absolute Gasteiger partial charge is 0.409 e. The zero-order chi connectivity index (χ0) is 40.1. The summed E-state index contributed by atoms with van der Waals surface area (Å²) < 4.78 is 35.2. The summed E-state index contributed by atoms with van der Waals surface area (Å²) in [6.45, 7) is 6.79. The van der Waals surface area contributed by atoms with Crippen molar-refractivity contribution in [2.45, 2.75) is 64.3 Å². The molecule has 2 aliphatic rings. The summed E-state index contributed by atoms with van der Waals surface area (Å²) in [7, 11) is -0.147. The van der Waals surface area contributed by atoms with Crippen molar-refractivity contribution in [3.8, 4) is 11.4 Å². The Morgan fingerprint density at radius 1 is 0.891 bits per heavy atom. The standard InChI is InChI=1S/C36H53N8O10P/c1-7-8-20-54-36(49)43-18-16-42(17-19-43)33(46)29(23-55(50,40-24(2)34(47)52-5)41-25(3)35(48)53-6)38-32(45)28-21-30(44-15-14-27(22-44)51-4)39-31(37-28)26-12-10-9-11-13-26/h9-13,21,24-25,27,29H,7-8,14-20,22-23H2,1-6H3,(H,38,45)(H2,40,41,50)/t24-,25-,27-,29-/m0/s1. The fraction of sp³-hybridized carbons (Fsp3) is 0.583. The Bertz CT molecular complexity index is 1670. The lowest BCUT2D eigenvalue weighted by Crippen LogP contribution is -2.57. The molecule has 2 aromatic rings. The highest BCUT2D eigenvalue weighted by atomic mass is 31.2. The first kappa shape index (κ1) is 43.1. The monoisotopic (exact) mass is 788 g/mol. The molecule has 302 valence electrons. The van der Waals surface area contributed by atoms with Gasteiger partial charge in [-0.3, -0.25) is 23.7 Å². The summed E-state index contributed by atoms with van der Waals surface area (Å²) in [4.78, 5) is 80.4. The normalized spacial score (nSPS) is 17.6. The number of carbonyl (C=O) groups excluding carboxylic acids is 5. The first-order chi connectivity index (χ1) is 26.3. The largest absolute Gasteiger partial charge is 0.468 e. The molecule has 0 saturated carbocycles. The molecular formula is C36H53N8O10P. The minimum absolute atomic E-state index is 0.0259. The quantitative estimate of drug-likeness (QED) is 0.0907. The van der Waals surface area contributed by atoms with Crippen LogP contribution in [0, 0.1) is 0 Å². The third kappa shape index (κ3) is 11.9. The predicted octanol–water partition coefficient (Wildman–Crippen LogP) is 2.04. The van der Waals surface area contributed by atoms with Crippen LogP contribution < -0.4 is 20.4 Å². The topological polar surface area (TPSA) is 211 Å². The van der Waals surface area contributed by atoms with Crippen molar-refractivity contribution in [1.29, 1.82) is 0 Å². The fourth-order valence-electron chi connectivity index (χ4n) is 6.18. The van der Waals surface area contributed by atoms with Crippen molar-refractivity contribution in [3.63, 3.8) is 0 Å². The van der Waals surface area contributed by atoms with E-state index in [0.29, 0.717) is 24.5 Å². The first-order valence-corrected chi connectivity index (χ1v) is 20.2. The molecule has 2 saturated heterocycles. The molecular weight excluding hydrogens is 735 g/mol. The van der Waals surface area contributed by atoms with E-state index in [2.05, 4.69) is 20.5 Å². The molecule has 1 aromatic heterocycles. The number of unbranched alkanes of at least 4 members (excludes halogenated alkanes) is 1. The van der Waals surface area contributed by atoms with Crippen LogP contribution in [0.1, 0.15) is 50.5 Å². The SMILES string of the molecule is CCCCOC(=O)N1CCN(C(=O)[C@H](CP(=O)(N[C@@H](C)C(=O)OC)N[C@@H](C)C(=O)OC)NC(=O)c2cc(N3CC[C@H](OC)C3)nc(-c3ccccc3)n2)CC1. The van der Waals surface area contributed by atoms with Crippen LogP contribution in [0.3, 0.4) is 0 Å². The predicted molar refractivity (Wildman–Crippen MR) is 202 cm³/mol. The van der Waals surface area contributed by atoms with Gasteiger partial charge in [-0.2, -0.15) is 0 Å².